The molecule has 1 N–H and O–H groups in total. The average Bonchev–Trinajstić information content (AvgIpc) is 3.14. The molecule has 1 heterocycles. The Hall–Kier alpha value is -3.20. The van der Waals surface area contributed by atoms with Crippen molar-refractivity contribution in [3.63, 3.8) is 0 Å². The molecule has 0 radical (unpaired) electrons. The smallest absolute Gasteiger partial charge is 0.261 e. The second kappa shape index (κ2) is 8.66. The number of nitrogens with zero attached hydrogens (tertiary/aromatic N) is 4. The van der Waals surface area contributed by atoms with Crippen molar-refractivity contribution in [2.75, 3.05) is 12.9 Å². The van der Waals surface area contributed by atoms with Gasteiger partial charge in [0.15, 0.2) is 0 Å². The second-order valence-corrected chi connectivity index (χ2v) is 6.97. The van der Waals surface area contributed by atoms with Gasteiger partial charge in [-0.1, -0.05) is 41.6 Å². The van der Waals surface area contributed by atoms with Crippen LogP contribution in [0.15, 0.2) is 47.6 Å². The summed E-state index contributed by atoms with van der Waals surface area (Å²) in [5, 5.41) is 14.5. The zero-order valence-corrected chi connectivity index (χ0v) is 16.5. The Morgan fingerprint density at radius 3 is 2.71 bits per heavy atom. The molecule has 1 aromatic heterocycles. The minimum Gasteiger partial charge on any atom is -0.496 e. The van der Waals surface area contributed by atoms with E-state index in [1.165, 1.54) is 7.11 Å². The fraction of sp³-hybridized carbons (Fsp3) is 0.211. The van der Waals surface area contributed by atoms with Gasteiger partial charge in [-0.05, 0) is 48.0 Å². The average molecular weight is 397 g/mol. The summed E-state index contributed by atoms with van der Waals surface area (Å²) < 4.78 is 6.72. The predicted octanol–water partition coefficient (Wildman–Crippen LogP) is 2.34. The van der Waals surface area contributed by atoms with Crippen molar-refractivity contribution in [1.82, 2.24) is 25.5 Å². The van der Waals surface area contributed by atoms with Crippen molar-refractivity contribution < 1.29 is 14.3 Å². The van der Waals surface area contributed by atoms with Crippen molar-refractivity contribution in [2.24, 2.45) is 0 Å². The van der Waals surface area contributed by atoms with Crippen LogP contribution in [-0.2, 0) is 4.79 Å². The molecule has 2 aromatic carbocycles. The van der Waals surface area contributed by atoms with Crippen LogP contribution in [0.1, 0.15) is 21.5 Å². The Morgan fingerprint density at radius 2 is 1.96 bits per heavy atom. The number of nitrogens with one attached hydrogen (secondary N) is 1. The van der Waals surface area contributed by atoms with Crippen molar-refractivity contribution in [3.8, 4) is 11.4 Å². The fourth-order valence-corrected chi connectivity index (χ4v) is 3.34. The minimum absolute atomic E-state index is 0.00777. The van der Waals surface area contributed by atoms with Crippen molar-refractivity contribution in [2.45, 2.75) is 19.0 Å². The van der Waals surface area contributed by atoms with Gasteiger partial charge < -0.3 is 4.74 Å². The van der Waals surface area contributed by atoms with Crippen LogP contribution in [0.25, 0.3) is 5.69 Å². The van der Waals surface area contributed by atoms with Crippen LogP contribution < -0.4 is 10.1 Å². The summed E-state index contributed by atoms with van der Waals surface area (Å²) in [6.07, 6.45) is 0. The summed E-state index contributed by atoms with van der Waals surface area (Å²) in [7, 11) is 1.47. The highest BCUT2D eigenvalue weighted by atomic mass is 32.2. The molecule has 0 aliphatic rings. The molecule has 0 saturated heterocycles. The van der Waals surface area contributed by atoms with Crippen molar-refractivity contribution >= 4 is 23.6 Å². The lowest BCUT2D eigenvalue weighted by Gasteiger charge is -2.09. The maximum Gasteiger partial charge on any atom is 0.261 e. The molecule has 0 spiro atoms. The van der Waals surface area contributed by atoms with Crippen LogP contribution in [0.5, 0.6) is 5.75 Å². The lowest BCUT2D eigenvalue weighted by atomic mass is 10.1. The van der Waals surface area contributed by atoms with Gasteiger partial charge in [0.25, 0.3) is 5.91 Å². The Morgan fingerprint density at radius 1 is 1.18 bits per heavy atom. The van der Waals surface area contributed by atoms with E-state index >= 15 is 0 Å². The molecule has 144 valence electrons. The monoisotopic (exact) mass is 397 g/mol. The molecule has 0 aliphatic carbocycles. The van der Waals surface area contributed by atoms with E-state index in [0.29, 0.717) is 16.5 Å². The quantitative estimate of drug-likeness (QED) is 0.637. The molecule has 0 saturated carbocycles. The van der Waals surface area contributed by atoms with Crippen LogP contribution in [0.4, 0.5) is 0 Å². The summed E-state index contributed by atoms with van der Waals surface area (Å²) in [4.78, 5) is 24.5. The van der Waals surface area contributed by atoms with E-state index in [9.17, 15) is 9.59 Å². The molecule has 28 heavy (non-hydrogen) atoms. The molecule has 0 bridgehead atoms. The summed E-state index contributed by atoms with van der Waals surface area (Å²) in [5.41, 5.74) is 3.29. The van der Waals surface area contributed by atoms with E-state index in [2.05, 4.69) is 20.8 Å². The van der Waals surface area contributed by atoms with Gasteiger partial charge in [-0.2, -0.15) is 4.68 Å². The van der Waals surface area contributed by atoms with Gasteiger partial charge in [0.05, 0.1) is 24.1 Å². The molecule has 0 atom stereocenters. The maximum absolute atomic E-state index is 12.3. The molecule has 8 nitrogen and oxygen atoms in total. The maximum atomic E-state index is 12.3. The summed E-state index contributed by atoms with van der Waals surface area (Å²) >= 11 is 1.15. The number of hydrogen-bond acceptors (Lipinski definition) is 7. The zero-order valence-electron chi connectivity index (χ0n) is 15.7. The topological polar surface area (TPSA) is 99.0 Å². The number of aryl methyl sites for hydroxylation is 2. The van der Waals surface area contributed by atoms with E-state index < -0.39 is 11.8 Å². The van der Waals surface area contributed by atoms with Crippen LogP contribution in [0.2, 0.25) is 0 Å². The van der Waals surface area contributed by atoms with Gasteiger partial charge in [-0.3, -0.25) is 14.9 Å². The number of tetrazole rings is 1. The number of carbonyl (C=O) groups is 2. The van der Waals surface area contributed by atoms with Crippen molar-refractivity contribution in [3.05, 3.63) is 59.2 Å². The highest BCUT2D eigenvalue weighted by Crippen LogP contribution is 2.21. The third-order valence-electron chi connectivity index (χ3n) is 3.96. The van der Waals surface area contributed by atoms with E-state index in [4.69, 9.17) is 4.74 Å². The molecule has 3 aromatic rings. The van der Waals surface area contributed by atoms with Crippen LogP contribution >= 0.6 is 11.8 Å². The first-order chi connectivity index (χ1) is 13.5. The van der Waals surface area contributed by atoms with Gasteiger partial charge in [0.2, 0.25) is 11.1 Å². The van der Waals surface area contributed by atoms with Gasteiger partial charge in [-0.15, -0.1) is 5.10 Å². The number of imide groups is 1. The third kappa shape index (κ3) is 4.37. The molecule has 9 heteroatoms. The number of thioether (sulfide) groups is 1. The van der Waals surface area contributed by atoms with Crippen molar-refractivity contribution in [1.29, 1.82) is 0 Å². The molecule has 2 amide bonds. The Labute approximate surface area is 166 Å². The fourth-order valence-electron chi connectivity index (χ4n) is 2.66. The first kappa shape index (κ1) is 19.6. The number of benzene rings is 2. The molecular formula is C19H19N5O3S. The summed E-state index contributed by atoms with van der Waals surface area (Å²) in [6.45, 7) is 3.98. The number of rotatable bonds is 6. The van der Waals surface area contributed by atoms with E-state index in [1.54, 1.807) is 28.9 Å². The van der Waals surface area contributed by atoms with Gasteiger partial charge in [0, 0.05) is 0 Å². The van der Waals surface area contributed by atoms with Gasteiger partial charge >= 0.3 is 0 Å². The van der Waals surface area contributed by atoms with E-state index in [-0.39, 0.29) is 5.75 Å². The summed E-state index contributed by atoms with van der Waals surface area (Å²) in [6, 6.07) is 12.6. The van der Waals surface area contributed by atoms with Crippen LogP contribution in [0.3, 0.4) is 0 Å². The number of amides is 2. The minimum atomic E-state index is -0.517. The third-order valence-corrected chi connectivity index (χ3v) is 4.88. The number of hydrogen-bond donors (Lipinski definition) is 1. The van der Waals surface area contributed by atoms with E-state index in [1.807, 2.05) is 32.0 Å². The lowest BCUT2D eigenvalue weighted by Crippen LogP contribution is -2.32. The molecule has 0 fully saturated rings. The number of ether oxygens (including phenoxy) is 1. The normalized spacial score (nSPS) is 10.5. The Kier molecular flexibility index (Phi) is 6.05. The zero-order chi connectivity index (χ0) is 20.1. The first-order valence-electron chi connectivity index (χ1n) is 8.45. The SMILES string of the molecule is COc1ccccc1C(=O)NC(=O)CSc1nnnn1-c1ccc(C)cc1C. The number of aromatic nitrogens is 4. The standard InChI is InChI=1S/C19H19N5O3S/c1-12-8-9-15(13(2)10-12)24-19(21-22-23-24)28-11-17(25)20-18(26)14-6-4-5-7-16(14)27-3/h4-10H,11H2,1-3H3,(H,20,25,26). The summed E-state index contributed by atoms with van der Waals surface area (Å²) in [5.74, 6) is -0.570. The second-order valence-electron chi connectivity index (χ2n) is 6.03. The molecule has 0 unspecified atom stereocenters. The van der Waals surface area contributed by atoms with Crippen LogP contribution in [-0.4, -0.2) is 44.9 Å². The van der Waals surface area contributed by atoms with Crippen LogP contribution in [0, 0.1) is 13.8 Å². The molecular weight excluding hydrogens is 378 g/mol. The van der Waals surface area contributed by atoms with Gasteiger partial charge in [-0.25, -0.2) is 0 Å². The van der Waals surface area contributed by atoms with Gasteiger partial charge in [0.1, 0.15) is 5.75 Å². The Bertz CT molecular complexity index is 1020. The largest absolute Gasteiger partial charge is 0.496 e. The molecule has 0 aliphatic heterocycles. The molecule has 3 rings (SSSR count). The van der Waals surface area contributed by atoms with E-state index in [0.717, 1.165) is 28.6 Å². The highest BCUT2D eigenvalue weighted by Gasteiger charge is 2.17. The lowest BCUT2D eigenvalue weighted by molar-refractivity contribution is -0.117. The number of methoxy groups -OCH3 is 1. The number of para-hydroxylation sites is 1. The first-order valence-corrected chi connectivity index (χ1v) is 9.44. The number of carbonyl (C=O) groups excluding carboxylic acids is 2. The Balaban J connectivity index is 1.66. The predicted molar refractivity (Wildman–Crippen MR) is 105 cm³/mol. The highest BCUT2D eigenvalue weighted by molar-refractivity contribution is 7.99.